The van der Waals surface area contributed by atoms with Crippen molar-refractivity contribution in [3.05, 3.63) is 0 Å². The molecule has 0 radical (unpaired) electrons. The van der Waals surface area contributed by atoms with Crippen LogP contribution < -0.4 is 5.32 Å². The number of hydrogen-bond donors (Lipinski definition) is 1. The van der Waals surface area contributed by atoms with Crippen molar-refractivity contribution >= 4 is 11.8 Å². The highest BCUT2D eigenvalue weighted by molar-refractivity contribution is 7.99. The average molecular weight is 177 g/mol. The van der Waals surface area contributed by atoms with E-state index < -0.39 is 0 Å². The smallest absolute Gasteiger partial charge is 0.0590 e. The van der Waals surface area contributed by atoms with Crippen LogP contribution in [0, 0.1) is 0 Å². The van der Waals surface area contributed by atoms with Gasteiger partial charge in [0.2, 0.25) is 0 Å². The summed E-state index contributed by atoms with van der Waals surface area (Å²) in [6.45, 7) is 7.96. The summed E-state index contributed by atoms with van der Waals surface area (Å²) >= 11 is 1.97. The van der Waals surface area contributed by atoms with E-state index in [0.29, 0.717) is 0 Å². The van der Waals surface area contributed by atoms with Gasteiger partial charge < -0.3 is 10.1 Å². The standard InChI is InChI=1S/C8H19NOS/c1-3-10-7-5-9-6-8-11-4-2/h9H,3-8H2,1-2H3. The monoisotopic (exact) mass is 177 g/mol. The third-order valence-electron chi connectivity index (χ3n) is 1.25. The highest BCUT2D eigenvalue weighted by atomic mass is 32.2. The fraction of sp³-hybridized carbons (Fsp3) is 1.00. The molecule has 0 bridgehead atoms. The molecule has 0 aromatic heterocycles. The third kappa shape index (κ3) is 10.3. The second-order valence-corrected chi connectivity index (χ2v) is 3.54. The van der Waals surface area contributed by atoms with Crippen molar-refractivity contribution in [1.82, 2.24) is 5.32 Å². The van der Waals surface area contributed by atoms with Crippen LogP contribution in [0.15, 0.2) is 0 Å². The van der Waals surface area contributed by atoms with Crippen LogP contribution in [0.3, 0.4) is 0 Å². The Morgan fingerprint density at radius 3 is 2.73 bits per heavy atom. The zero-order valence-corrected chi connectivity index (χ0v) is 8.38. The molecule has 0 aliphatic carbocycles. The lowest BCUT2D eigenvalue weighted by molar-refractivity contribution is 0.150. The van der Waals surface area contributed by atoms with Gasteiger partial charge in [-0.2, -0.15) is 11.8 Å². The molecule has 68 valence electrons. The Bertz CT molecular complexity index is 63.1. The van der Waals surface area contributed by atoms with Crippen LogP contribution in [0.25, 0.3) is 0 Å². The Labute approximate surface area is 74.1 Å². The summed E-state index contributed by atoms with van der Waals surface area (Å²) in [6.07, 6.45) is 0. The largest absolute Gasteiger partial charge is 0.380 e. The topological polar surface area (TPSA) is 21.3 Å². The van der Waals surface area contributed by atoms with Crippen molar-refractivity contribution < 1.29 is 4.74 Å². The van der Waals surface area contributed by atoms with E-state index in [1.165, 1.54) is 11.5 Å². The van der Waals surface area contributed by atoms with Crippen molar-refractivity contribution in [2.24, 2.45) is 0 Å². The molecule has 0 aromatic carbocycles. The summed E-state index contributed by atoms with van der Waals surface area (Å²) < 4.78 is 5.17. The van der Waals surface area contributed by atoms with Gasteiger partial charge >= 0.3 is 0 Å². The predicted molar refractivity (Wildman–Crippen MR) is 52.4 cm³/mol. The molecule has 0 saturated carbocycles. The number of thioether (sulfide) groups is 1. The maximum atomic E-state index is 5.17. The molecule has 0 saturated heterocycles. The lowest BCUT2D eigenvalue weighted by Gasteiger charge is -2.03. The van der Waals surface area contributed by atoms with Crippen molar-refractivity contribution in [3.63, 3.8) is 0 Å². The van der Waals surface area contributed by atoms with Gasteiger partial charge in [-0.25, -0.2) is 0 Å². The molecule has 0 aliphatic rings. The second kappa shape index (κ2) is 10.3. The van der Waals surface area contributed by atoms with Gasteiger partial charge in [0.05, 0.1) is 6.61 Å². The van der Waals surface area contributed by atoms with Gasteiger partial charge in [0.25, 0.3) is 0 Å². The van der Waals surface area contributed by atoms with Gasteiger partial charge in [-0.3, -0.25) is 0 Å². The first-order valence-electron chi connectivity index (χ1n) is 4.28. The molecule has 0 spiro atoms. The summed E-state index contributed by atoms with van der Waals surface area (Å²) in [6, 6.07) is 0. The van der Waals surface area contributed by atoms with Gasteiger partial charge in [-0.05, 0) is 12.7 Å². The minimum absolute atomic E-state index is 0.825. The first-order valence-corrected chi connectivity index (χ1v) is 5.43. The average Bonchev–Trinajstić information content (AvgIpc) is 2.03. The fourth-order valence-corrected chi connectivity index (χ4v) is 1.28. The van der Waals surface area contributed by atoms with Crippen LogP contribution in [-0.4, -0.2) is 37.8 Å². The zero-order chi connectivity index (χ0) is 8.36. The summed E-state index contributed by atoms with van der Waals surface area (Å²) in [4.78, 5) is 0. The van der Waals surface area contributed by atoms with Crippen LogP contribution in [0.2, 0.25) is 0 Å². The van der Waals surface area contributed by atoms with E-state index in [-0.39, 0.29) is 0 Å². The zero-order valence-electron chi connectivity index (χ0n) is 7.56. The molecule has 2 nitrogen and oxygen atoms in total. The minimum Gasteiger partial charge on any atom is -0.380 e. The highest BCUT2D eigenvalue weighted by Gasteiger charge is 1.86. The van der Waals surface area contributed by atoms with Crippen LogP contribution >= 0.6 is 11.8 Å². The van der Waals surface area contributed by atoms with E-state index in [4.69, 9.17) is 4.74 Å². The molecule has 0 atom stereocenters. The summed E-state index contributed by atoms with van der Waals surface area (Å²) in [7, 11) is 0. The quantitative estimate of drug-likeness (QED) is 0.566. The molecule has 3 heteroatoms. The summed E-state index contributed by atoms with van der Waals surface area (Å²) in [5.41, 5.74) is 0. The molecule has 0 fully saturated rings. The van der Waals surface area contributed by atoms with E-state index >= 15 is 0 Å². The Morgan fingerprint density at radius 2 is 2.09 bits per heavy atom. The summed E-state index contributed by atoms with van der Waals surface area (Å²) in [5, 5.41) is 3.31. The maximum Gasteiger partial charge on any atom is 0.0590 e. The SMILES string of the molecule is CCOCCNCCSCC. The van der Waals surface area contributed by atoms with Crippen molar-refractivity contribution in [1.29, 1.82) is 0 Å². The van der Waals surface area contributed by atoms with E-state index in [2.05, 4.69) is 12.2 Å². The van der Waals surface area contributed by atoms with E-state index in [1.54, 1.807) is 0 Å². The number of rotatable bonds is 8. The molecule has 0 aromatic rings. The molecule has 0 rings (SSSR count). The number of nitrogens with one attached hydrogen (secondary N) is 1. The summed E-state index contributed by atoms with van der Waals surface area (Å²) in [5.74, 6) is 2.43. The number of ether oxygens (including phenoxy) is 1. The maximum absolute atomic E-state index is 5.17. The van der Waals surface area contributed by atoms with Crippen LogP contribution in [0.5, 0.6) is 0 Å². The predicted octanol–water partition coefficient (Wildman–Crippen LogP) is 1.37. The first-order chi connectivity index (χ1) is 5.41. The van der Waals surface area contributed by atoms with Crippen molar-refractivity contribution in [3.8, 4) is 0 Å². The molecule has 0 amide bonds. The normalized spacial score (nSPS) is 10.4. The molecule has 0 aliphatic heterocycles. The van der Waals surface area contributed by atoms with Gasteiger partial charge in [-0.1, -0.05) is 6.92 Å². The Balaban J connectivity index is 2.69. The second-order valence-electron chi connectivity index (χ2n) is 2.14. The van der Waals surface area contributed by atoms with Crippen LogP contribution in [0.1, 0.15) is 13.8 Å². The Morgan fingerprint density at radius 1 is 1.27 bits per heavy atom. The van der Waals surface area contributed by atoms with Crippen molar-refractivity contribution in [2.75, 3.05) is 37.8 Å². The third-order valence-corrected chi connectivity index (χ3v) is 2.16. The lowest BCUT2D eigenvalue weighted by Crippen LogP contribution is -2.22. The first kappa shape index (κ1) is 11.3. The molecule has 0 unspecified atom stereocenters. The minimum atomic E-state index is 0.825. The van der Waals surface area contributed by atoms with Gasteiger partial charge in [0, 0.05) is 25.4 Å². The molecule has 0 heterocycles. The van der Waals surface area contributed by atoms with Crippen LogP contribution in [-0.2, 0) is 4.74 Å². The Kier molecular flexibility index (Phi) is 10.5. The van der Waals surface area contributed by atoms with Gasteiger partial charge in [0.15, 0.2) is 0 Å². The fourth-order valence-electron chi connectivity index (χ4n) is 0.702. The van der Waals surface area contributed by atoms with E-state index in [1.807, 2.05) is 18.7 Å². The molecular formula is C8H19NOS. The van der Waals surface area contributed by atoms with Crippen LogP contribution in [0.4, 0.5) is 0 Å². The van der Waals surface area contributed by atoms with Gasteiger partial charge in [0.1, 0.15) is 0 Å². The Hall–Kier alpha value is 0.270. The van der Waals surface area contributed by atoms with E-state index in [9.17, 15) is 0 Å². The molecular weight excluding hydrogens is 158 g/mol. The number of hydrogen-bond acceptors (Lipinski definition) is 3. The van der Waals surface area contributed by atoms with Crippen molar-refractivity contribution in [2.45, 2.75) is 13.8 Å². The van der Waals surface area contributed by atoms with E-state index in [0.717, 1.165) is 26.3 Å². The van der Waals surface area contributed by atoms with Gasteiger partial charge in [-0.15, -0.1) is 0 Å². The molecule has 1 N–H and O–H groups in total. The molecule has 11 heavy (non-hydrogen) atoms. The highest BCUT2D eigenvalue weighted by Crippen LogP contribution is 1.94. The lowest BCUT2D eigenvalue weighted by atomic mass is 10.6.